The summed E-state index contributed by atoms with van der Waals surface area (Å²) in [6, 6.07) is 50.3. The molecule has 262 valence electrons. The molecule has 0 saturated carbocycles. The van der Waals surface area contributed by atoms with Gasteiger partial charge in [-0.2, -0.15) is 0 Å². The highest BCUT2D eigenvalue weighted by Gasteiger charge is 2.32. The van der Waals surface area contributed by atoms with Gasteiger partial charge >= 0.3 is 0 Å². The molecule has 7 aromatic carbocycles. The van der Waals surface area contributed by atoms with Gasteiger partial charge < -0.3 is 17.9 Å². The van der Waals surface area contributed by atoms with Crippen molar-refractivity contribution in [3.63, 3.8) is 0 Å². The maximum atomic E-state index is 2.70. The van der Waals surface area contributed by atoms with Crippen LogP contribution in [0.5, 0.6) is 0 Å². The Kier molecular flexibility index (Phi) is 4.97. The molecule has 4 nitrogen and oxygen atoms in total. The van der Waals surface area contributed by atoms with E-state index in [9.17, 15) is 0 Å². The van der Waals surface area contributed by atoms with E-state index < -0.39 is 0 Å². The average Bonchev–Trinajstić information content (AvgIpc) is 4.11. The third-order valence-corrected chi connectivity index (χ3v) is 14.0. The van der Waals surface area contributed by atoms with Crippen molar-refractivity contribution in [1.29, 1.82) is 0 Å². The third kappa shape index (κ3) is 3.14. The highest BCUT2D eigenvalue weighted by molar-refractivity contribution is 6.34. The lowest BCUT2D eigenvalue weighted by Gasteiger charge is -2.08. The van der Waals surface area contributed by atoms with Gasteiger partial charge in [0.15, 0.2) is 0 Å². The second-order valence-corrected chi connectivity index (χ2v) is 16.6. The van der Waals surface area contributed by atoms with Crippen molar-refractivity contribution in [2.75, 3.05) is 0 Å². The highest BCUT2D eigenvalue weighted by atomic mass is 15.0. The topological polar surface area (TPSA) is 18.7 Å². The fourth-order valence-corrected chi connectivity index (χ4v) is 12.1. The number of hydrogen-bond donors (Lipinski definition) is 0. The van der Waals surface area contributed by atoms with Crippen molar-refractivity contribution < 1.29 is 0 Å². The van der Waals surface area contributed by atoms with Crippen molar-refractivity contribution in [1.82, 2.24) is 17.9 Å². The fourth-order valence-electron chi connectivity index (χ4n) is 12.1. The van der Waals surface area contributed by atoms with E-state index in [-0.39, 0.29) is 0 Å². The molecular formula is C52H34N4. The Balaban J connectivity index is 1.16. The van der Waals surface area contributed by atoms with Crippen LogP contribution in [0, 0.1) is 0 Å². The minimum absolute atomic E-state index is 1.12. The summed E-state index contributed by atoms with van der Waals surface area (Å²) in [6.45, 7) is 0. The first-order valence-electron chi connectivity index (χ1n) is 20.4. The Morgan fingerprint density at radius 1 is 0.321 bits per heavy atom. The summed E-state index contributed by atoms with van der Waals surface area (Å²) in [5.74, 6) is 0. The number of benzene rings is 7. The number of hydrogen-bond acceptors (Lipinski definition) is 0. The Bertz CT molecular complexity index is 3600. The van der Waals surface area contributed by atoms with Crippen molar-refractivity contribution in [2.45, 2.75) is 38.5 Å². The van der Waals surface area contributed by atoms with Gasteiger partial charge in [-0.05, 0) is 110 Å². The molecule has 0 spiro atoms. The number of para-hydroxylation sites is 4. The van der Waals surface area contributed by atoms with E-state index in [4.69, 9.17) is 0 Å². The third-order valence-electron chi connectivity index (χ3n) is 14.0. The quantitative estimate of drug-likeness (QED) is 0.170. The summed E-state index contributed by atoms with van der Waals surface area (Å²) >= 11 is 0. The molecule has 56 heavy (non-hydrogen) atoms. The zero-order valence-corrected chi connectivity index (χ0v) is 30.7. The standard InChI is InChI=1S/C52H34N4/c1-3-13-29(14-4-1)53-39-21-9-7-17-31(39)47-45(53)27-37-35-25-44-36(26-43(35)55-41-23-11-19-33(41)49(47)51(37)55)38-28-46-48(50-34-20-12-24-42(34)56(44)52(38)50)32-18-8-10-22-40(32)54(46)30-15-5-2-6-16-30/h1-10,13-18,21-22,25-28H,11-12,19-20,23-24H2. The van der Waals surface area contributed by atoms with Crippen LogP contribution in [0.4, 0.5) is 0 Å². The molecule has 4 heteroatoms. The lowest BCUT2D eigenvalue weighted by atomic mass is 9.99. The molecule has 2 aliphatic carbocycles. The summed E-state index contributed by atoms with van der Waals surface area (Å²) in [5, 5.41) is 14.0. The first kappa shape index (κ1) is 28.6. The molecule has 0 saturated heterocycles. The molecule has 6 aromatic heterocycles. The average molecular weight is 715 g/mol. The van der Waals surface area contributed by atoms with E-state index in [1.165, 1.54) is 134 Å². The van der Waals surface area contributed by atoms with E-state index in [0.29, 0.717) is 0 Å². The molecule has 13 aromatic rings. The first-order valence-corrected chi connectivity index (χ1v) is 20.4. The van der Waals surface area contributed by atoms with Gasteiger partial charge in [-0.3, -0.25) is 0 Å². The van der Waals surface area contributed by atoms with Crippen LogP contribution in [-0.2, 0) is 25.7 Å². The Morgan fingerprint density at radius 2 is 0.732 bits per heavy atom. The van der Waals surface area contributed by atoms with Gasteiger partial charge in [0.1, 0.15) is 0 Å². The van der Waals surface area contributed by atoms with E-state index >= 15 is 0 Å². The second-order valence-electron chi connectivity index (χ2n) is 16.6. The molecule has 0 N–H and O–H groups in total. The zero-order valence-electron chi connectivity index (χ0n) is 30.7. The second kappa shape index (κ2) is 9.71. The summed E-state index contributed by atoms with van der Waals surface area (Å²) in [7, 11) is 0. The van der Waals surface area contributed by atoms with Crippen LogP contribution in [0.15, 0.2) is 133 Å². The van der Waals surface area contributed by atoms with Crippen LogP contribution >= 0.6 is 0 Å². The number of aromatic nitrogens is 4. The molecule has 0 unspecified atom stereocenters. The molecule has 0 bridgehead atoms. The Labute approximate surface area is 320 Å². The summed E-state index contributed by atoms with van der Waals surface area (Å²) < 4.78 is 10.4. The van der Waals surface area contributed by atoms with Crippen LogP contribution < -0.4 is 0 Å². The molecule has 0 atom stereocenters. The van der Waals surface area contributed by atoms with Crippen LogP contribution in [-0.4, -0.2) is 17.9 Å². The van der Waals surface area contributed by atoms with Gasteiger partial charge in [-0.15, -0.1) is 0 Å². The van der Waals surface area contributed by atoms with E-state index in [2.05, 4.69) is 151 Å². The SMILES string of the molecule is c1ccc(-n2c3ccccc3c3c4c5c(n6c7cc8c9cc%10c(c%11ccccc%11n%10-c%10ccccc%10)c%10c%11c(n(c8cc7c(cc32)c46)c9%10)CCC%11)CCC5)cc1. The van der Waals surface area contributed by atoms with Crippen molar-refractivity contribution >= 4 is 98.0 Å². The van der Waals surface area contributed by atoms with Crippen molar-refractivity contribution in [2.24, 2.45) is 0 Å². The Hall–Kier alpha value is -6.78. The van der Waals surface area contributed by atoms with Crippen molar-refractivity contribution in [3.05, 3.63) is 156 Å². The van der Waals surface area contributed by atoms with Gasteiger partial charge in [0.25, 0.3) is 0 Å². The maximum absolute atomic E-state index is 2.70. The molecule has 0 fully saturated rings. The van der Waals surface area contributed by atoms with Crippen LogP contribution in [0.25, 0.3) is 109 Å². The number of rotatable bonds is 2. The maximum Gasteiger partial charge on any atom is 0.0621 e. The number of aryl methyl sites for hydroxylation is 4. The molecule has 0 aliphatic heterocycles. The minimum Gasteiger partial charge on any atom is -0.312 e. The smallest absolute Gasteiger partial charge is 0.0621 e. The Morgan fingerprint density at radius 3 is 1.20 bits per heavy atom. The number of nitrogens with zero attached hydrogens (tertiary/aromatic N) is 4. The van der Waals surface area contributed by atoms with E-state index in [1.807, 2.05) is 0 Å². The number of fused-ring (bicyclic) bond motifs is 20. The largest absolute Gasteiger partial charge is 0.312 e. The first-order chi connectivity index (χ1) is 27.8. The van der Waals surface area contributed by atoms with Gasteiger partial charge in [0.05, 0.1) is 44.1 Å². The molecule has 2 aliphatic rings. The lowest BCUT2D eigenvalue weighted by molar-refractivity contribution is 0.890. The van der Waals surface area contributed by atoms with Gasteiger partial charge in [-0.25, -0.2) is 0 Å². The summed E-state index contributed by atoms with van der Waals surface area (Å²) in [5.41, 5.74) is 19.3. The zero-order chi connectivity index (χ0) is 36.0. The fraction of sp³-hybridized carbons (Fsp3) is 0.115. The molecule has 0 radical (unpaired) electrons. The van der Waals surface area contributed by atoms with Crippen LogP contribution in [0.3, 0.4) is 0 Å². The predicted molar refractivity (Wildman–Crippen MR) is 233 cm³/mol. The molecule has 0 amide bonds. The molecule has 6 heterocycles. The summed E-state index contributed by atoms with van der Waals surface area (Å²) in [4.78, 5) is 0. The highest BCUT2D eigenvalue weighted by Crippen LogP contribution is 2.51. The lowest BCUT2D eigenvalue weighted by Crippen LogP contribution is -1.93. The molecule has 15 rings (SSSR count). The normalized spacial score (nSPS) is 14.7. The van der Waals surface area contributed by atoms with E-state index in [0.717, 1.165) is 25.7 Å². The van der Waals surface area contributed by atoms with Gasteiger partial charge in [0.2, 0.25) is 0 Å². The molecular weight excluding hydrogens is 681 g/mol. The monoisotopic (exact) mass is 714 g/mol. The minimum atomic E-state index is 1.12. The van der Waals surface area contributed by atoms with Gasteiger partial charge in [-0.1, -0.05) is 72.8 Å². The van der Waals surface area contributed by atoms with Crippen molar-refractivity contribution in [3.8, 4) is 11.4 Å². The summed E-state index contributed by atoms with van der Waals surface area (Å²) in [6.07, 6.45) is 6.95. The van der Waals surface area contributed by atoms with Gasteiger partial charge in [0, 0.05) is 76.6 Å². The predicted octanol–water partition coefficient (Wildman–Crippen LogP) is 12.9. The van der Waals surface area contributed by atoms with Crippen LogP contribution in [0.1, 0.15) is 35.4 Å². The van der Waals surface area contributed by atoms with E-state index in [1.54, 1.807) is 11.1 Å². The van der Waals surface area contributed by atoms with Crippen LogP contribution in [0.2, 0.25) is 0 Å².